The van der Waals surface area contributed by atoms with Crippen LogP contribution in [0, 0.1) is 0 Å². The number of benzene rings is 3. The van der Waals surface area contributed by atoms with Gasteiger partial charge in [0.1, 0.15) is 0 Å². The highest BCUT2D eigenvalue weighted by Gasteiger charge is 2.37. The van der Waals surface area contributed by atoms with E-state index in [2.05, 4.69) is 0 Å². The number of ether oxygens (including phenoxy) is 1. The monoisotopic (exact) mass is 496 g/mol. The van der Waals surface area contributed by atoms with Crippen molar-refractivity contribution in [3.8, 4) is 0 Å². The third-order valence-corrected chi connectivity index (χ3v) is 6.04. The highest BCUT2D eigenvalue weighted by molar-refractivity contribution is 6.42. The number of anilines is 1. The fraction of sp³-hybridized carbons (Fsp3) is 0.120. The Morgan fingerprint density at radius 1 is 0.882 bits per heavy atom. The number of likely N-dealkylation sites (N-methyl/N-ethyl adjacent to an activating group) is 1. The summed E-state index contributed by atoms with van der Waals surface area (Å²) in [5.41, 5.74) is 1.45. The zero-order chi connectivity index (χ0) is 24.4. The summed E-state index contributed by atoms with van der Waals surface area (Å²) in [5.74, 6) is -2.31. The smallest absolute Gasteiger partial charge is 0.338 e. The number of carbonyl (C=O) groups excluding carboxylic acids is 4. The van der Waals surface area contributed by atoms with Crippen molar-refractivity contribution in [3.63, 3.8) is 0 Å². The molecule has 1 aliphatic rings. The van der Waals surface area contributed by atoms with Gasteiger partial charge in [0.2, 0.25) is 0 Å². The van der Waals surface area contributed by atoms with Gasteiger partial charge in [0.05, 0.1) is 32.4 Å². The number of fused-ring (bicyclic) bond motifs is 1. The Bertz CT molecular complexity index is 1310. The van der Waals surface area contributed by atoms with Gasteiger partial charge in [-0.3, -0.25) is 14.4 Å². The molecule has 9 heteroatoms. The lowest BCUT2D eigenvalue weighted by Crippen LogP contribution is -2.30. The van der Waals surface area contributed by atoms with Gasteiger partial charge in [-0.15, -0.1) is 0 Å². The van der Waals surface area contributed by atoms with Gasteiger partial charge in [0.25, 0.3) is 17.7 Å². The molecule has 0 aromatic heterocycles. The number of hydrogen-bond acceptors (Lipinski definition) is 5. The van der Waals surface area contributed by atoms with E-state index in [1.165, 1.54) is 41.3 Å². The van der Waals surface area contributed by atoms with Crippen molar-refractivity contribution in [3.05, 3.63) is 99.0 Å². The topological polar surface area (TPSA) is 84.0 Å². The van der Waals surface area contributed by atoms with Gasteiger partial charge in [-0.05, 0) is 42.0 Å². The molecule has 3 aromatic rings. The van der Waals surface area contributed by atoms with Crippen LogP contribution in [0.3, 0.4) is 0 Å². The SMILES string of the molecule is CN(Cc1ccccc1)C(=O)COC(=O)c1ccc2c(c1)C(=O)N(c1ccc(Cl)c(Cl)c1)C2=O. The molecule has 3 amide bonds. The maximum atomic E-state index is 12.9. The van der Waals surface area contributed by atoms with E-state index in [0.29, 0.717) is 6.54 Å². The van der Waals surface area contributed by atoms with Crippen molar-refractivity contribution in [2.24, 2.45) is 0 Å². The molecular weight excluding hydrogens is 479 g/mol. The number of rotatable bonds is 6. The second kappa shape index (κ2) is 9.67. The highest BCUT2D eigenvalue weighted by Crippen LogP contribution is 2.33. The molecule has 3 aromatic carbocycles. The normalized spacial score (nSPS) is 12.5. The Balaban J connectivity index is 1.44. The Morgan fingerprint density at radius 3 is 2.29 bits per heavy atom. The van der Waals surface area contributed by atoms with Crippen molar-refractivity contribution in [1.82, 2.24) is 4.90 Å². The first-order chi connectivity index (χ1) is 16.3. The molecule has 172 valence electrons. The molecule has 1 aliphatic heterocycles. The molecule has 7 nitrogen and oxygen atoms in total. The molecule has 34 heavy (non-hydrogen) atoms. The zero-order valence-electron chi connectivity index (χ0n) is 18.0. The lowest BCUT2D eigenvalue weighted by atomic mass is 10.1. The number of esters is 1. The van der Waals surface area contributed by atoms with Crippen LogP contribution in [0.1, 0.15) is 36.6 Å². The average Bonchev–Trinajstić information content (AvgIpc) is 3.09. The summed E-state index contributed by atoms with van der Waals surface area (Å²) < 4.78 is 5.14. The fourth-order valence-corrected chi connectivity index (χ4v) is 3.79. The van der Waals surface area contributed by atoms with Gasteiger partial charge in [-0.25, -0.2) is 9.69 Å². The highest BCUT2D eigenvalue weighted by atomic mass is 35.5. The Labute approximate surface area is 205 Å². The maximum Gasteiger partial charge on any atom is 0.338 e. The minimum atomic E-state index is -0.780. The molecule has 0 saturated heterocycles. The largest absolute Gasteiger partial charge is 0.452 e. The van der Waals surface area contributed by atoms with Crippen LogP contribution in [0.5, 0.6) is 0 Å². The van der Waals surface area contributed by atoms with Crippen LogP contribution >= 0.6 is 23.2 Å². The van der Waals surface area contributed by atoms with E-state index in [-0.39, 0.29) is 38.3 Å². The molecule has 4 rings (SSSR count). The van der Waals surface area contributed by atoms with Crippen LogP contribution in [0.2, 0.25) is 10.0 Å². The summed E-state index contributed by atoms with van der Waals surface area (Å²) in [6.07, 6.45) is 0. The van der Waals surface area contributed by atoms with E-state index in [4.69, 9.17) is 27.9 Å². The molecule has 0 fully saturated rings. The maximum absolute atomic E-state index is 12.9. The summed E-state index contributed by atoms with van der Waals surface area (Å²) in [7, 11) is 1.61. The minimum Gasteiger partial charge on any atom is -0.452 e. The molecule has 0 spiro atoms. The quantitative estimate of drug-likeness (QED) is 0.367. The summed E-state index contributed by atoms with van der Waals surface area (Å²) in [4.78, 5) is 53.0. The van der Waals surface area contributed by atoms with Crippen molar-refractivity contribution in [2.45, 2.75) is 6.54 Å². The molecule has 0 saturated carbocycles. The van der Waals surface area contributed by atoms with E-state index in [1.807, 2.05) is 30.3 Å². The minimum absolute atomic E-state index is 0.0504. The van der Waals surface area contributed by atoms with Crippen molar-refractivity contribution in [1.29, 1.82) is 0 Å². The summed E-state index contributed by atoms with van der Waals surface area (Å²) >= 11 is 11.9. The van der Waals surface area contributed by atoms with E-state index in [9.17, 15) is 19.2 Å². The number of hydrogen-bond donors (Lipinski definition) is 0. The van der Waals surface area contributed by atoms with Gasteiger partial charge < -0.3 is 9.64 Å². The van der Waals surface area contributed by atoms with Crippen LogP contribution in [0.4, 0.5) is 5.69 Å². The Kier molecular flexibility index (Phi) is 6.68. The van der Waals surface area contributed by atoms with Crippen molar-refractivity contribution in [2.75, 3.05) is 18.6 Å². The van der Waals surface area contributed by atoms with Crippen molar-refractivity contribution < 1.29 is 23.9 Å². The number of imide groups is 1. The first-order valence-corrected chi connectivity index (χ1v) is 10.9. The zero-order valence-corrected chi connectivity index (χ0v) is 19.5. The molecule has 0 bridgehead atoms. The predicted molar refractivity (Wildman–Crippen MR) is 127 cm³/mol. The third-order valence-electron chi connectivity index (χ3n) is 5.30. The van der Waals surface area contributed by atoms with Crippen LogP contribution in [-0.2, 0) is 16.1 Å². The lowest BCUT2D eigenvalue weighted by molar-refractivity contribution is -0.133. The third kappa shape index (κ3) is 4.66. The van der Waals surface area contributed by atoms with E-state index in [1.54, 1.807) is 7.05 Å². The van der Waals surface area contributed by atoms with Crippen LogP contribution < -0.4 is 4.90 Å². The molecule has 0 unspecified atom stereocenters. The van der Waals surface area contributed by atoms with Gasteiger partial charge in [-0.1, -0.05) is 53.5 Å². The number of amides is 3. The van der Waals surface area contributed by atoms with Crippen molar-refractivity contribution >= 4 is 52.6 Å². The molecular formula is C25H18Cl2N2O5. The molecule has 0 radical (unpaired) electrons. The number of carbonyl (C=O) groups is 4. The summed E-state index contributed by atoms with van der Waals surface area (Å²) in [6, 6.07) is 17.8. The average molecular weight is 497 g/mol. The Morgan fingerprint density at radius 2 is 1.59 bits per heavy atom. The van der Waals surface area contributed by atoms with Crippen LogP contribution in [0.25, 0.3) is 0 Å². The molecule has 0 atom stereocenters. The molecule has 0 N–H and O–H groups in total. The van der Waals surface area contributed by atoms with E-state index >= 15 is 0 Å². The lowest BCUT2D eigenvalue weighted by Gasteiger charge is -2.17. The van der Waals surface area contributed by atoms with Crippen LogP contribution in [-0.4, -0.2) is 42.2 Å². The molecule has 1 heterocycles. The standard InChI is InChI=1S/C25H18Cl2N2O5/c1-28(13-15-5-3-2-4-6-15)22(30)14-34-25(33)16-7-9-18-19(11-16)24(32)29(23(18)31)17-8-10-20(26)21(27)12-17/h2-12H,13-14H2,1H3. The van der Waals surface area contributed by atoms with E-state index in [0.717, 1.165) is 10.5 Å². The Hall–Kier alpha value is -3.68. The van der Waals surface area contributed by atoms with Crippen LogP contribution in [0.15, 0.2) is 66.7 Å². The number of halogens is 2. The fourth-order valence-electron chi connectivity index (χ4n) is 3.49. The van der Waals surface area contributed by atoms with Gasteiger partial charge in [-0.2, -0.15) is 0 Å². The number of nitrogens with zero attached hydrogens (tertiary/aromatic N) is 2. The summed E-state index contributed by atoms with van der Waals surface area (Å²) in [5, 5.41) is 0.484. The van der Waals surface area contributed by atoms with Gasteiger partial charge in [0.15, 0.2) is 6.61 Å². The van der Waals surface area contributed by atoms with E-state index < -0.39 is 24.4 Å². The first kappa shape index (κ1) is 23.5. The molecule has 0 aliphatic carbocycles. The summed E-state index contributed by atoms with van der Waals surface area (Å²) in [6.45, 7) is -0.0846. The van der Waals surface area contributed by atoms with Gasteiger partial charge in [0, 0.05) is 13.6 Å². The predicted octanol–water partition coefficient (Wildman–Crippen LogP) is 4.61. The van der Waals surface area contributed by atoms with Gasteiger partial charge >= 0.3 is 5.97 Å². The second-order valence-electron chi connectivity index (χ2n) is 7.62. The second-order valence-corrected chi connectivity index (χ2v) is 8.43. The first-order valence-electron chi connectivity index (χ1n) is 10.2.